The van der Waals surface area contributed by atoms with Crippen LogP contribution in [-0.4, -0.2) is 57.2 Å². The van der Waals surface area contributed by atoms with Gasteiger partial charge < -0.3 is 16.0 Å². The van der Waals surface area contributed by atoms with Crippen LogP contribution in [0.2, 0.25) is 0 Å². The van der Waals surface area contributed by atoms with E-state index in [9.17, 15) is 9.59 Å². The Hall–Kier alpha value is -1.96. The van der Waals surface area contributed by atoms with Gasteiger partial charge in [0.05, 0.1) is 6.54 Å². The van der Waals surface area contributed by atoms with E-state index < -0.39 is 5.91 Å². The summed E-state index contributed by atoms with van der Waals surface area (Å²) in [6, 6.07) is 0.0218. The smallest absolute Gasteiger partial charge is 0.245 e. The van der Waals surface area contributed by atoms with Crippen molar-refractivity contribution in [2.75, 3.05) is 19.6 Å². The van der Waals surface area contributed by atoms with Gasteiger partial charge in [-0.05, 0) is 13.0 Å². The van der Waals surface area contributed by atoms with Crippen LogP contribution in [0.1, 0.15) is 6.42 Å². The summed E-state index contributed by atoms with van der Waals surface area (Å²) in [5, 5.41) is 7.03. The van der Waals surface area contributed by atoms with E-state index in [2.05, 4.69) is 15.4 Å². The molecule has 3 N–H and O–H groups in total. The fraction of sp³-hybridized carbons (Fsp3) is 0.600. The van der Waals surface area contributed by atoms with E-state index in [-0.39, 0.29) is 25.0 Å². The first-order valence-electron chi connectivity index (χ1n) is 5.77. The van der Waals surface area contributed by atoms with E-state index in [1.54, 1.807) is 0 Å². The zero-order valence-electron chi connectivity index (χ0n) is 9.95. The first-order valence-corrected chi connectivity index (χ1v) is 5.77. The molecule has 8 nitrogen and oxygen atoms in total. The fourth-order valence-corrected chi connectivity index (χ4v) is 2.04. The number of hydrogen-bond acceptors (Lipinski definition) is 5. The van der Waals surface area contributed by atoms with Gasteiger partial charge in [0, 0.05) is 12.6 Å². The summed E-state index contributed by atoms with van der Waals surface area (Å²) in [5.74, 6) is -0.679. The van der Waals surface area contributed by atoms with Crippen molar-refractivity contribution in [3.63, 3.8) is 0 Å². The molecule has 1 aromatic rings. The molecule has 18 heavy (non-hydrogen) atoms. The summed E-state index contributed by atoms with van der Waals surface area (Å²) in [5.41, 5.74) is 5.18. The van der Waals surface area contributed by atoms with Gasteiger partial charge >= 0.3 is 0 Å². The second kappa shape index (κ2) is 5.58. The van der Waals surface area contributed by atoms with Crippen molar-refractivity contribution in [3.8, 4) is 0 Å². The molecule has 0 bridgehead atoms. The second-order valence-electron chi connectivity index (χ2n) is 4.23. The van der Waals surface area contributed by atoms with Gasteiger partial charge in [-0.2, -0.15) is 5.10 Å². The molecule has 0 spiro atoms. The Labute approximate surface area is 104 Å². The molecule has 98 valence electrons. The Kier molecular flexibility index (Phi) is 3.88. The number of nitrogens with two attached hydrogens (primary N) is 1. The number of carbonyl (C=O) groups excluding carboxylic acids is 2. The topological polar surface area (TPSA) is 106 Å². The monoisotopic (exact) mass is 252 g/mol. The van der Waals surface area contributed by atoms with Crippen molar-refractivity contribution >= 4 is 11.8 Å². The van der Waals surface area contributed by atoms with E-state index in [0.29, 0.717) is 6.54 Å². The largest absolute Gasteiger partial charge is 0.368 e. The van der Waals surface area contributed by atoms with Gasteiger partial charge in [0.1, 0.15) is 19.2 Å². The summed E-state index contributed by atoms with van der Waals surface area (Å²) in [7, 11) is 0. The quantitative estimate of drug-likeness (QED) is 0.627. The highest BCUT2D eigenvalue weighted by Crippen LogP contribution is 2.09. The van der Waals surface area contributed by atoms with Gasteiger partial charge in [0.25, 0.3) is 0 Å². The number of nitrogens with one attached hydrogen (secondary N) is 1. The Bertz CT molecular complexity index is 412. The predicted octanol–water partition coefficient (Wildman–Crippen LogP) is -2.05. The molecule has 0 saturated carbocycles. The standard InChI is InChI=1S/C10H16N6O2/c11-9(17)4-16(8-1-2-12-3-8)10(18)5-15-7-13-6-14-15/h6-8,12H,1-5H2,(H2,11,17). The molecule has 2 heterocycles. The average Bonchev–Trinajstić information content (AvgIpc) is 2.97. The minimum atomic E-state index is -0.506. The predicted molar refractivity (Wildman–Crippen MR) is 62.2 cm³/mol. The Morgan fingerprint density at radius 2 is 2.39 bits per heavy atom. The number of hydrogen-bond donors (Lipinski definition) is 2. The number of carbonyl (C=O) groups is 2. The minimum absolute atomic E-state index is 0.0218. The average molecular weight is 252 g/mol. The van der Waals surface area contributed by atoms with Crippen molar-refractivity contribution in [3.05, 3.63) is 12.7 Å². The van der Waals surface area contributed by atoms with Gasteiger partial charge in [-0.15, -0.1) is 0 Å². The lowest BCUT2D eigenvalue weighted by atomic mass is 10.2. The number of rotatable bonds is 5. The number of aromatic nitrogens is 3. The lowest BCUT2D eigenvalue weighted by Crippen LogP contribution is -2.47. The molecular weight excluding hydrogens is 236 g/mol. The van der Waals surface area contributed by atoms with Crippen molar-refractivity contribution in [2.24, 2.45) is 5.73 Å². The summed E-state index contributed by atoms with van der Waals surface area (Å²) >= 11 is 0. The zero-order chi connectivity index (χ0) is 13.0. The van der Waals surface area contributed by atoms with Crippen LogP contribution >= 0.6 is 0 Å². The molecule has 1 aliphatic rings. The lowest BCUT2D eigenvalue weighted by molar-refractivity contribution is -0.137. The molecule has 1 aliphatic heterocycles. The maximum Gasteiger partial charge on any atom is 0.245 e. The van der Waals surface area contributed by atoms with Crippen LogP contribution in [-0.2, 0) is 16.1 Å². The third-order valence-corrected chi connectivity index (χ3v) is 2.89. The molecule has 1 unspecified atom stereocenters. The summed E-state index contributed by atoms with van der Waals surface area (Å²) in [6.45, 7) is 1.55. The third-order valence-electron chi connectivity index (χ3n) is 2.89. The Morgan fingerprint density at radius 3 is 2.94 bits per heavy atom. The van der Waals surface area contributed by atoms with Crippen LogP contribution < -0.4 is 11.1 Å². The normalized spacial score (nSPS) is 18.8. The third kappa shape index (κ3) is 3.04. The Morgan fingerprint density at radius 1 is 1.56 bits per heavy atom. The van der Waals surface area contributed by atoms with Gasteiger partial charge in [0.2, 0.25) is 11.8 Å². The molecule has 0 radical (unpaired) electrons. The van der Waals surface area contributed by atoms with E-state index in [0.717, 1.165) is 13.0 Å². The summed E-state index contributed by atoms with van der Waals surface area (Å²) in [6.07, 6.45) is 3.66. The van der Waals surface area contributed by atoms with Crippen LogP contribution in [0.5, 0.6) is 0 Å². The molecule has 2 rings (SSSR count). The maximum atomic E-state index is 12.1. The van der Waals surface area contributed by atoms with Crippen molar-refractivity contribution in [2.45, 2.75) is 19.0 Å². The van der Waals surface area contributed by atoms with Crippen LogP contribution in [0.3, 0.4) is 0 Å². The summed E-state index contributed by atoms with van der Waals surface area (Å²) < 4.78 is 1.43. The highest BCUT2D eigenvalue weighted by Gasteiger charge is 2.27. The minimum Gasteiger partial charge on any atom is -0.368 e. The van der Waals surface area contributed by atoms with E-state index >= 15 is 0 Å². The highest BCUT2D eigenvalue weighted by molar-refractivity contribution is 5.84. The van der Waals surface area contributed by atoms with E-state index in [4.69, 9.17) is 5.73 Å². The maximum absolute atomic E-state index is 12.1. The lowest BCUT2D eigenvalue weighted by Gasteiger charge is -2.27. The molecule has 1 fully saturated rings. The zero-order valence-corrected chi connectivity index (χ0v) is 9.95. The molecule has 2 amide bonds. The first kappa shape index (κ1) is 12.5. The Balaban J connectivity index is 2.02. The van der Waals surface area contributed by atoms with Crippen LogP contribution in [0, 0.1) is 0 Å². The van der Waals surface area contributed by atoms with Gasteiger partial charge in [0.15, 0.2) is 0 Å². The molecule has 8 heteroatoms. The summed E-state index contributed by atoms with van der Waals surface area (Å²) in [4.78, 5) is 28.5. The fourth-order valence-electron chi connectivity index (χ4n) is 2.04. The molecule has 0 aliphatic carbocycles. The van der Waals surface area contributed by atoms with Gasteiger partial charge in [-0.25, -0.2) is 9.67 Å². The van der Waals surface area contributed by atoms with Crippen LogP contribution in [0.4, 0.5) is 0 Å². The first-order chi connectivity index (χ1) is 8.66. The molecule has 1 aromatic heterocycles. The number of primary amides is 1. The van der Waals surface area contributed by atoms with Crippen LogP contribution in [0.15, 0.2) is 12.7 Å². The molecule has 1 atom stereocenters. The molecular formula is C10H16N6O2. The van der Waals surface area contributed by atoms with Crippen molar-refractivity contribution in [1.29, 1.82) is 0 Å². The number of nitrogens with zero attached hydrogens (tertiary/aromatic N) is 4. The van der Waals surface area contributed by atoms with Gasteiger partial charge in [-0.1, -0.05) is 0 Å². The number of amides is 2. The molecule has 1 saturated heterocycles. The SMILES string of the molecule is NC(=O)CN(C(=O)Cn1cncn1)C1CCNC1. The highest BCUT2D eigenvalue weighted by atomic mass is 16.2. The van der Waals surface area contributed by atoms with Crippen molar-refractivity contribution < 1.29 is 9.59 Å². The second-order valence-corrected chi connectivity index (χ2v) is 4.23. The van der Waals surface area contributed by atoms with Gasteiger partial charge in [-0.3, -0.25) is 9.59 Å². The molecule has 0 aromatic carbocycles. The van der Waals surface area contributed by atoms with E-state index in [1.165, 1.54) is 22.2 Å². The van der Waals surface area contributed by atoms with Crippen LogP contribution in [0.25, 0.3) is 0 Å². The van der Waals surface area contributed by atoms with E-state index in [1.807, 2.05) is 0 Å². The van der Waals surface area contributed by atoms with Crippen molar-refractivity contribution in [1.82, 2.24) is 25.0 Å².